The summed E-state index contributed by atoms with van der Waals surface area (Å²) in [6.07, 6.45) is -0.238. The Hall–Kier alpha value is -3.50. The van der Waals surface area contributed by atoms with Crippen LogP contribution < -0.4 is 5.32 Å². The van der Waals surface area contributed by atoms with Crippen LogP contribution in [-0.4, -0.2) is 68.2 Å². The van der Waals surface area contributed by atoms with E-state index < -0.39 is 48.6 Å². The van der Waals surface area contributed by atoms with E-state index in [1.807, 2.05) is 20.8 Å². The molecule has 1 heterocycles. The summed E-state index contributed by atoms with van der Waals surface area (Å²) in [5.41, 5.74) is 5.62. The van der Waals surface area contributed by atoms with E-state index in [-0.39, 0.29) is 31.7 Å². The van der Waals surface area contributed by atoms with E-state index >= 15 is 0 Å². The minimum Gasteiger partial charge on any atom is -0.455 e. The maximum atomic E-state index is 13.6. The summed E-state index contributed by atoms with van der Waals surface area (Å²) in [7, 11) is 1.40. The van der Waals surface area contributed by atoms with Crippen molar-refractivity contribution in [3.8, 4) is 11.1 Å². The molecule has 1 N–H and O–H groups in total. The lowest BCUT2D eigenvalue weighted by Gasteiger charge is -2.44. The average Bonchev–Trinajstić information content (AvgIpc) is 3.32. The lowest BCUT2D eigenvalue weighted by molar-refractivity contribution is -0.297. The molecule has 0 aromatic heterocycles. The fourth-order valence-electron chi connectivity index (χ4n) is 5.94. The monoisotopic (exact) mass is 683 g/mol. The van der Waals surface area contributed by atoms with Crippen LogP contribution in [-0.2, 0) is 49.3 Å². The third-order valence-electron chi connectivity index (χ3n) is 8.97. The molecule has 0 unspecified atom stereocenters. The van der Waals surface area contributed by atoms with Gasteiger partial charge in [0.15, 0.2) is 24.6 Å². The average molecular weight is 684 g/mol. The SMILES string of the molecule is CCCCC(=O)NC[C@H]1O[C@H](OC)[C@@H](OC(=O)CCc2ccc(C(C)C)cc3c(C)ccc2-3)[C@@H](OC(=O)CCCC)[C@@H]1OC(=O)CCCC. The highest BCUT2D eigenvalue weighted by Crippen LogP contribution is 2.34. The van der Waals surface area contributed by atoms with E-state index in [1.54, 1.807) is 0 Å². The summed E-state index contributed by atoms with van der Waals surface area (Å²) in [6, 6.07) is 10.5. The highest BCUT2D eigenvalue weighted by atomic mass is 16.7. The van der Waals surface area contributed by atoms with E-state index in [1.165, 1.54) is 18.2 Å². The number of unbranched alkanes of at least 4 members (excludes halogenated alkanes) is 3. The highest BCUT2D eigenvalue weighted by Gasteiger charge is 2.52. The number of carbonyl (C=O) groups excluding carboxylic acids is 4. The molecule has 0 spiro atoms. The van der Waals surface area contributed by atoms with Gasteiger partial charge in [-0.05, 0) is 66.3 Å². The molecule has 10 nitrogen and oxygen atoms in total. The van der Waals surface area contributed by atoms with Crippen molar-refractivity contribution in [2.24, 2.45) is 0 Å². The minimum atomic E-state index is -1.22. The van der Waals surface area contributed by atoms with Crippen LogP contribution in [0.3, 0.4) is 0 Å². The van der Waals surface area contributed by atoms with Crippen molar-refractivity contribution < 1.29 is 42.9 Å². The zero-order chi connectivity index (χ0) is 35.9. The molecule has 3 rings (SSSR count). The van der Waals surface area contributed by atoms with Gasteiger partial charge in [-0.2, -0.15) is 0 Å². The highest BCUT2D eigenvalue weighted by molar-refractivity contribution is 5.77. The van der Waals surface area contributed by atoms with Crippen LogP contribution in [0.4, 0.5) is 0 Å². The van der Waals surface area contributed by atoms with Gasteiger partial charge in [0.05, 0.1) is 0 Å². The van der Waals surface area contributed by atoms with E-state index in [4.69, 9.17) is 23.7 Å². The topological polar surface area (TPSA) is 126 Å². The van der Waals surface area contributed by atoms with Crippen molar-refractivity contribution in [1.82, 2.24) is 5.32 Å². The Balaban J connectivity index is 1.89. The Kier molecular flexibility index (Phi) is 16.5. The molecule has 5 atom stereocenters. The Bertz CT molecular complexity index is 1340. The zero-order valence-corrected chi connectivity index (χ0v) is 30.5. The van der Waals surface area contributed by atoms with Crippen LogP contribution in [0.25, 0.3) is 11.1 Å². The fourth-order valence-corrected chi connectivity index (χ4v) is 5.94. The number of fused-ring (bicyclic) bond motifs is 1. The fraction of sp³-hybridized carbons (Fsp3) is 0.641. The second-order valence-corrected chi connectivity index (χ2v) is 13.3. The van der Waals surface area contributed by atoms with Gasteiger partial charge in [0.1, 0.15) is 6.10 Å². The van der Waals surface area contributed by atoms with Crippen LogP contribution in [0.15, 0.2) is 30.3 Å². The molecule has 1 saturated heterocycles. The van der Waals surface area contributed by atoms with E-state index in [0.717, 1.165) is 42.4 Å². The summed E-state index contributed by atoms with van der Waals surface area (Å²) in [5, 5.41) is 2.85. The number of methoxy groups -OCH3 is 1. The molecular weight excluding hydrogens is 626 g/mol. The van der Waals surface area contributed by atoms with Crippen LogP contribution >= 0.6 is 0 Å². The Morgan fingerprint density at radius 3 is 1.96 bits per heavy atom. The Morgan fingerprint density at radius 1 is 0.755 bits per heavy atom. The molecular formula is C39H57NO9. The predicted molar refractivity (Wildman–Crippen MR) is 187 cm³/mol. The second kappa shape index (κ2) is 20.2. The Morgan fingerprint density at radius 2 is 1.35 bits per heavy atom. The molecule has 0 radical (unpaired) electrons. The molecule has 0 aromatic carbocycles. The number of ether oxygens (including phenoxy) is 5. The minimum absolute atomic E-state index is 0.0176. The molecule has 2 aliphatic carbocycles. The van der Waals surface area contributed by atoms with Gasteiger partial charge in [-0.15, -0.1) is 0 Å². The smallest absolute Gasteiger partial charge is 0.306 e. The number of nitrogens with one attached hydrogen (secondary N) is 1. The van der Waals surface area contributed by atoms with Gasteiger partial charge < -0.3 is 29.0 Å². The summed E-state index contributed by atoms with van der Waals surface area (Å²) in [6.45, 7) is 12.3. The molecule has 1 fully saturated rings. The van der Waals surface area contributed by atoms with E-state index in [2.05, 4.69) is 56.4 Å². The Labute approximate surface area is 292 Å². The molecule has 0 aromatic rings. The largest absolute Gasteiger partial charge is 0.455 e. The number of hydrogen-bond donors (Lipinski definition) is 1. The summed E-state index contributed by atoms with van der Waals surface area (Å²) in [5.74, 6) is -1.39. The van der Waals surface area contributed by atoms with E-state index in [9.17, 15) is 19.2 Å². The standard InChI is InChI=1S/C39H57NO9/c1-8-11-14-32(41)40-24-31-36(47-33(42)15-12-9-2)37(48-34(43)16-13-10-3)38(39(45-7)46-31)49-35(44)22-20-27-18-19-28(25(4)5)23-30-26(6)17-21-29(27)30/h17-19,21,23,25,31,36-39H,8-16,20,22,24H2,1-7H3,(H,40,41)/t31-,36-,37+,38+,39+/m1/s1. The molecule has 49 heavy (non-hydrogen) atoms. The van der Waals surface area contributed by atoms with Gasteiger partial charge in [-0.25, -0.2) is 0 Å². The maximum absolute atomic E-state index is 13.6. The van der Waals surface area contributed by atoms with Gasteiger partial charge in [0.25, 0.3) is 0 Å². The predicted octanol–water partition coefficient (Wildman–Crippen LogP) is 6.95. The van der Waals surface area contributed by atoms with Crippen LogP contribution in [0.2, 0.25) is 0 Å². The number of hydrogen-bond acceptors (Lipinski definition) is 9. The van der Waals surface area contributed by atoms with Crippen LogP contribution in [0.5, 0.6) is 0 Å². The molecule has 1 amide bonds. The summed E-state index contributed by atoms with van der Waals surface area (Å²) < 4.78 is 29.7. The molecule has 1 aliphatic heterocycles. The first-order valence-electron chi connectivity index (χ1n) is 18.1. The summed E-state index contributed by atoms with van der Waals surface area (Å²) >= 11 is 0. The van der Waals surface area contributed by atoms with Crippen molar-refractivity contribution >= 4 is 23.8 Å². The first kappa shape index (κ1) is 39.9. The van der Waals surface area contributed by atoms with Crippen LogP contribution in [0.1, 0.15) is 121 Å². The molecule has 3 aliphatic rings. The molecule has 10 heteroatoms. The lowest BCUT2D eigenvalue weighted by Crippen LogP contribution is -2.63. The van der Waals surface area contributed by atoms with Crippen LogP contribution in [0, 0.1) is 6.92 Å². The number of rotatable bonds is 19. The third-order valence-corrected chi connectivity index (χ3v) is 8.97. The first-order chi connectivity index (χ1) is 23.5. The number of aryl methyl sites for hydroxylation is 2. The normalized spacial score (nSPS) is 20.6. The molecule has 0 saturated carbocycles. The third kappa shape index (κ3) is 11.8. The molecule has 0 bridgehead atoms. The van der Waals surface area contributed by atoms with Crippen molar-refractivity contribution in [2.45, 2.75) is 149 Å². The number of carbonyl (C=O) groups is 4. The van der Waals surface area contributed by atoms with Gasteiger partial charge in [0.2, 0.25) is 5.91 Å². The van der Waals surface area contributed by atoms with Gasteiger partial charge in [-0.1, -0.05) is 84.2 Å². The van der Waals surface area contributed by atoms with Gasteiger partial charge in [0, 0.05) is 39.3 Å². The van der Waals surface area contributed by atoms with Crippen molar-refractivity contribution in [3.63, 3.8) is 0 Å². The second-order valence-electron chi connectivity index (χ2n) is 13.3. The van der Waals surface area contributed by atoms with Gasteiger partial charge in [-0.3, -0.25) is 19.2 Å². The van der Waals surface area contributed by atoms with Gasteiger partial charge >= 0.3 is 17.9 Å². The van der Waals surface area contributed by atoms with Crippen molar-refractivity contribution in [1.29, 1.82) is 0 Å². The van der Waals surface area contributed by atoms with E-state index in [0.29, 0.717) is 31.6 Å². The van der Waals surface area contributed by atoms with Crippen molar-refractivity contribution in [2.75, 3.05) is 13.7 Å². The maximum Gasteiger partial charge on any atom is 0.306 e. The quantitative estimate of drug-likeness (QED) is 0.124. The summed E-state index contributed by atoms with van der Waals surface area (Å²) in [4.78, 5) is 52.2. The first-order valence-corrected chi connectivity index (χ1v) is 18.1. The van der Waals surface area contributed by atoms with Crippen molar-refractivity contribution in [3.05, 3.63) is 47.0 Å². The lowest BCUT2D eigenvalue weighted by atomic mass is 9.97. The molecule has 272 valence electrons. The number of esters is 3. The number of amides is 1. The zero-order valence-electron chi connectivity index (χ0n) is 30.5.